The molecule has 3 N–H and O–H groups in total. The van der Waals surface area contributed by atoms with Crippen LogP contribution in [0.2, 0.25) is 0 Å². The van der Waals surface area contributed by atoms with E-state index in [1.165, 1.54) is 11.8 Å². The molecule has 0 spiro atoms. The number of rotatable bonds is 8. The molecular weight excluding hydrogens is 278 g/mol. The van der Waals surface area contributed by atoms with Gasteiger partial charge in [0.2, 0.25) is 5.91 Å². The zero-order chi connectivity index (χ0) is 15.0. The molecule has 1 amide bonds. The Kier molecular flexibility index (Phi) is 6.84. The lowest BCUT2D eigenvalue weighted by Crippen LogP contribution is -2.54. The number of methoxy groups -OCH3 is 1. The first kappa shape index (κ1) is 16.8. The van der Waals surface area contributed by atoms with Crippen molar-refractivity contribution in [1.29, 1.82) is 0 Å². The smallest absolute Gasteiger partial charge is 0.230 e. The summed E-state index contributed by atoms with van der Waals surface area (Å²) >= 11 is 1.39. The molecule has 1 rings (SSSR count). The van der Waals surface area contributed by atoms with Crippen LogP contribution in [-0.2, 0) is 4.79 Å². The van der Waals surface area contributed by atoms with Crippen LogP contribution in [0.5, 0.6) is 5.75 Å². The van der Waals surface area contributed by atoms with E-state index in [0.717, 1.165) is 10.6 Å². The first-order valence-corrected chi connectivity index (χ1v) is 7.37. The lowest BCUT2D eigenvalue weighted by atomic mass is 9.99. The third kappa shape index (κ3) is 4.70. The maximum Gasteiger partial charge on any atom is 0.230 e. The zero-order valence-corrected chi connectivity index (χ0v) is 12.6. The van der Waals surface area contributed by atoms with E-state index in [9.17, 15) is 15.0 Å². The molecule has 0 aromatic heterocycles. The highest BCUT2D eigenvalue weighted by atomic mass is 32.2. The fourth-order valence-electron chi connectivity index (χ4n) is 1.59. The summed E-state index contributed by atoms with van der Waals surface area (Å²) in [6, 6.07) is 7.42. The number of hydrogen-bond acceptors (Lipinski definition) is 5. The molecule has 0 heterocycles. The van der Waals surface area contributed by atoms with Crippen molar-refractivity contribution in [2.75, 3.05) is 26.1 Å². The largest absolute Gasteiger partial charge is 0.497 e. The molecule has 5 nitrogen and oxygen atoms in total. The quantitative estimate of drug-likeness (QED) is 0.625. The molecule has 1 aromatic rings. The van der Waals surface area contributed by atoms with Gasteiger partial charge in [0, 0.05) is 4.90 Å². The summed E-state index contributed by atoms with van der Waals surface area (Å²) < 4.78 is 5.06. The van der Waals surface area contributed by atoms with Crippen molar-refractivity contribution in [2.45, 2.75) is 23.8 Å². The number of thioether (sulfide) groups is 1. The Hall–Kier alpha value is -1.24. The van der Waals surface area contributed by atoms with Crippen molar-refractivity contribution in [1.82, 2.24) is 5.32 Å². The second kappa shape index (κ2) is 8.14. The number of carbonyl (C=O) groups excluding carboxylic acids is 1. The summed E-state index contributed by atoms with van der Waals surface area (Å²) in [5.41, 5.74) is -0.933. The number of aliphatic hydroxyl groups is 2. The standard InChI is InChI=1S/C14H21NO4S/c1-3-14(9-16,10-17)15-13(18)8-20-12-6-4-11(19-2)5-7-12/h4-7,16-17H,3,8-10H2,1-2H3,(H,15,18). The lowest BCUT2D eigenvalue weighted by molar-refractivity contribution is -0.121. The first-order valence-electron chi connectivity index (χ1n) is 6.38. The molecule has 0 atom stereocenters. The van der Waals surface area contributed by atoms with Crippen molar-refractivity contribution in [3.63, 3.8) is 0 Å². The predicted octanol–water partition coefficient (Wildman–Crippen LogP) is 1.04. The predicted molar refractivity (Wildman–Crippen MR) is 79.1 cm³/mol. The van der Waals surface area contributed by atoms with Gasteiger partial charge in [-0.2, -0.15) is 0 Å². The third-order valence-electron chi connectivity index (χ3n) is 3.12. The Labute approximate surface area is 123 Å². The fraction of sp³-hybridized carbons (Fsp3) is 0.500. The van der Waals surface area contributed by atoms with Crippen LogP contribution in [0.15, 0.2) is 29.2 Å². The van der Waals surface area contributed by atoms with Crippen LogP contribution in [0.3, 0.4) is 0 Å². The molecule has 0 saturated carbocycles. The third-order valence-corrected chi connectivity index (χ3v) is 4.13. The van der Waals surface area contributed by atoms with Crippen LogP contribution in [-0.4, -0.2) is 47.7 Å². The number of aliphatic hydroxyl groups excluding tert-OH is 2. The number of nitrogens with one attached hydrogen (secondary N) is 1. The lowest BCUT2D eigenvalue weighted by Gasteiger charge is -2.29. The molecule has 0 fully saturated rings. The van der Waals surface area contributed by atoms with Gasteiger partial charge in [0.15, 0.2) is 0 Å². The van der Waals surface area contributed by atoms with Gasteiger partial charge in [-0.25, -0.2) is 0 Å². The normalized spacial score (nSPS) is 11.2. The molecule has 0 aliphatic carbocycles. The molecule has 1 aromatic carbocycles. The summed E-state index contributed by atoms with van der Waals surface area (Å²) in [4.78, 5) is 12.8. The minimum Gasteiger partial charge on any atom is -0.497 e. The number of benzene rings is 1. The Morgan fingerprint density at radius 1 is 1.30 bits per heavy atom. The Bertz CT molecular complexity index is 409. The van der Waals surface area contributed by atoms with Gasteiger partial charge in [-0.05, 0) is 30.7 Å². The van der Waals surface area contributed by atoms with Crippen molar-refractivity contribution < 1.29 is 19.7 Å². The summed E-state index contributed by atoms with van der Waals surface area (Å²) in [5.74, 6) is 0.786. The van der Waals surface area contributed by atoms with Crippen LogP contribution >= 0.6 is 11.8 Å². The van der Waals surface area contributed by atoms with Gasteiger partial charge in [-0.15, -0.1) is 11.8 Å². The minimum atomic E-state index is -0.933. The van der Waals surface area contributed by atoms with Gasteiger partial charge < -0.3 is 20.3 Å². The Morgan fingerprint density at radius 2 is 1.90 bits per heavy atom. The molecule has 0 aliphatic heterocycles. The highest BCUT2D eigenvalue weighted by Gasteiger charge is 2.28. The molecule has 0 radical (unpaired) electrons. The van der Waals surface area contributed by atoms with Gasteiger partial charge in [0.05, 0.1) is 31.6 Å². The molecule has 6 heteroatoms. The average molecular weight is 299 g/mol. The molecular formula is C14H21NO4S. The molecule has 0 aliphatic rings. The van der Waals surface area contributed by atoms with Crippen LogP contribution in [0.4, 0.5) is 0 Å². The van der Waals surface area contributed by atoms with Crippen molar-refractivity contribution in [3.05, 3.63) is 24.3 Å². The monoisotopic (exact) mass is 299 g/mol. The molecule has 0 saturated heterocycles. The van der Waals surface area contributed by atoms with E-state index in [2.05, 4.69) is 5.32 Å². The summed E-state index contributed by atoms with van der Waals surface area (Å²) in [5, 5.41) is 21.2. The maximum absolute atomic E-state index is 11.9. The fourth-order valence-corrected chi connectivity index (χ4v) is 2.29. The highest BCUT2D eigenvalue weighted by molar-refractivity contribution is 8.00. The Balaban J connectivity index is 2.50. The van der Waals surface area contributed by atoms with E-state index in [1.54, 1.807) is 7.11 Å². The van der Waals surface area contributed by atoms with Gasteiger partial charge in [-0.3, -0.25) is 4.79 Å². The van der Waals surface area contributed by atoms with E-state index in [1.807, 2.05) is 31.2 Å². The molecule has 20 heavy (non-hydrogen) atoms. The van der Waals surface area contributed by atoms with Crippen LogP contribution in [0, 0.1) is 0 Å². The number of carbonyl (C=O) groups is 1. The summed E-state index contributed by atoms with van der Waals surface area (Å²) in [6.07, 6.45) is 0.471. The topological polar surface area (TPSA) is 78.8 Å². The summed E-state index contributed by atoms with van der Waals surface area (Å²) in [7, 11) is 1.60. The van der Waals surface area contributed by atoms with E-state index in [0.29, 0.717) is 6.42 Å². The second-order valence-electron chi connectivity index (χ2n) is 4.46. The Morgan fingerprint density at radius 3 is 2.35 bits per heavy atom. The SMILES string of the molecule is CCC(CO)(CO)NC(=O)CSc1ccc(OC)cc1. The first-order chi connectivity index (χ1) is 9.59. The average Bonchev–Trinajstić information content (AvgIpc) is 2.51. The van der Waals surface area contributed by atoms with Gasteiger partial charge >= 0.3 is 0 Å². The van der Waals surface area contributed by atoms with E-state index < -0.39 is 5.54 Å². The minimum absolute atomic E-state index is 0.212. The van der Waals surface area contributed by atoms with Crippen LogP contribution in [0.1, 0.15) is 13.3 Å². The van der Waals surface area contributed by atoms with Crippen molar-refractivity contribution in [3.8, 4) is 5.75 Å². The molecule has 0 bridgehead atoms. The van der Waals surface area contributed by atoms with Gasteiger partial charge in [0.1, 0.15) is 5.75 Å². The number of amides is 1. The van der Waals surface area contributed by atoms with E-state index in [4.69, 9.17) is 4.74 Å². The number of ether oxygens (including phenoxy) is 1. The van der Waals surface area contributed by atoms with Crippen LogP contribution in [0.25, 0.3) is 0 Å². The van der Waals surface area contributed by atoms with Crippen LogP contribution < -0.4 is 10.1 Å². The second-order valence-corrected chi connectivity index (χ2v) is 5.51. The zero-order valence-electron chi connectivity index (χ0n) is 11.8. The van der Waals surface area contributed by atoms with Crippen molar-refractivity contribution in [2.24, 2.45) is 0 Å². The van der Waals surface area contributed by atoms with E-state index >= 15 is 0 Å². The number of hydrogen-bond donors (Lipinski definition) is 3. The maximum atomic E-state index is 11.9. The van der Waals surface area contributed by atoms with Gasteiger partial charge in [-0.1, -0.05) is 6.92 Å². The summed E-state index contributed by atoms with van der Waals surface area (Å²) in [6.45, 7) is 1.25. The molecule has 0 unspecified atom stereocenters. The van der Waals surface area contributed by atoms with Gasteiger partial charge in [0.25, 0.3) is 0 Å². The highest BCUT2D eigenvalue weighted by Crippen LogP contribution is 2.21. The molecule has 112 valence electrons. The van der Waals surface area contributed by atoms with Crippen molar-refractivity contribution >= 4 is 17.7 Å². The van der Waals surface area contributed by atoms with E-state index in [-0.39, 0.29) is 24.9 Å².